The van der Waals surface area contributed by atoms with Gasteiger partial charge in [0.1, 0.15) is 6.54 Å². The number of carboxylic acids is 1. The summed E-state index contributed by atoms with van der Waals surface area (Å²) in [5, 5.41) is 13.8. The van der Waals surface area contributed by atoms with Gasteiger partial charge in [0.25, 0.3) is 0 Å². The highest BCUT2D eigenvalue weighted by atomic mass is 16.4. The van der Waals surface area contributed by atoms with E-state index >= 15 is 0 Å². The summed E-state index contributed by atoms with van der Waals surface area (Å²) in [6.45, 7) is -0.385. The van der Waals surface area contributed by atoms with Gasteiger partial charge in [-0.25, -0.2) is 4.79 Å². The zero-order valence-corrected chi connectivity index (χ0v) is 11.2. The molecule has 1 aliphatic rings. The van der Waals surface area contributed by atoms with Crippen LogP contribution >= 0.6 is 0 Å². The van der Waals surface area contributed by atoms with Crippen LogP contribution < -0.4 is 16.4 Å². The molecule has 0 atom stereocenters. The second-order valence-corrected chi connectivity index (χ2v) is 5.11. The highest BCUT2D eigenvalue weighted by Gasteiger charge is 2.37. The fraction of sp³-hybridized carbons (Fsp3) is 0.429. The third-order valence-electron chi connectivity index (χ3n) is 3.67. The second kappa shape index (κ2) is 5.81. The molecule has 6 heteroatoms. The average molecular weight is 277 g/mol. The number of carbonyl (C=O) groups is 2. The Labute approximate surface area is 117 Å². The molecule has 1 fully saturated rings. The lowest BCUT2D eigenvalue weighted by Crippen LogP contribution is -2.49. The molecule has 0 bridgehead atoms. The van der Waals surface area contributed by atoms with Gasteiger partial charge >= 0.3 is 12.0 Å². The molecule has 0 aliphatic heterocycles. The van der Waals surface area contributed by atoms with Crippen LogP contribution in [0.4, 0.5) is 10.5 Å². The van der Waals surface area contributed by atoms with Crippen LogP contribution in [-0.4, -0.2) is 23.7 Å². The molecule has 1 aromatic carbocycles. The number of carboxylic acid groups (broad SMARTS) is 1. The highest BCUT2D eigenvalue weighted by molar-refractivity contribution is 5.80. The molecule has 0 unspecified atom stereocenters. The minimum atomic E-state index is -1.06. The maximum absolute atomic E-state index is 11.8. The lowest BCUT2D eigenvalue weighted by Gasteiger charge is -2.31. The first-order chi connectivity index (χ1) is 9.52. The van der Waals surface area contributed by atoms with Gasteiger partial charge in [-0.2, -0.15) is 0 Å². The van der Waals surface area contributed by atoms with Crippen LogP contribution in [0.15, 0.2) is 24.3 Å². The Kier molecular flexibility index (Phi) is 4.12. The SMILES string of the molecule is Nc1ccc(C2(NC(=O)NCC(=O)O)CCCC2)cc1. The first kappa shape index (κ1) is 14.2. The third-order valence-corrected chi connectivity index (χ3v) is 3.67. The van der Waals surface area contributed by atoms with Crippen molar-refractivity contribution < 1.29 is 14.7 Å². The van der Waals surface area contributed by atoms with Crippen LogP contribution in [-0.2, 0) is 10.3 Å². The van der Waals surface area contributed by atoms with Gasteiger partial charge in [0.15, 0.2) is 0 Å². The number of urea groups is 1. The van der Waals surface area contributed by atoms with Crippen molar-refractivity contribution in [2.24, 2.45) is 0 Å². The standard InChI is InChI=1S/C14H19N3O3/c15-11-5-3-10(4-6-11)14(7-1-2-8-14)17-13(20)16-9-12(18)19/h3-6H,1-2,7-9,15H2,(H,18,19)(H2,16,17,20). The lowest BCUT2D eigenvalue weighted by molar-refractivity contribution is -0.135. The Bertz CT molecular complexity index is 493. The topological polar surface area (TPSA) is 104 Å². The zero-order chi connectivity index (χ0) is 14.6. The van der Waals surface area contributed by atoms with Crippen molar-refractivity contribution in [3.8, 4) is 0 Å². The van der Waals surface area contributed by atoms with Gasteiger partial charge in [-0.15, -0.1) is 0 Å². The minimum Gasteiger partial charge on any atom is -0.480 e. The lowest BCUT2D eigenvalue weighted by atomic mass is 9.88. The Balaban J connectivity index is 2.11. The number of nitrogens with two attached hydrogens (primary N) is 1. The molecule has 1 aromatic rings. The predicted molar refractivity (Wildman–Crippen MR) is 75.2 cm³/mol. The van der Waals surface area contributed by atoms with E-state index in [1.165, 1.54) is 0 Å². The molecule has 108 valence electrons. The van der Waals surface area contributed by atoms with Gasteiger partial charge in [-0.3, -0.25) is 4.79 Å². The van der Waals surface area contributed by atoms with E-state index in [1.54, 1.807) is 0 Å². The van der Waals surface area contributed by atoms with Crippen LogP contribution in [0.25, 0.3) is 0 Å². The van der Waals surface area contributed by atoms with Crippen molar-refractivity contribution in [1.29, 1.82) is 0 Å². The van der Waals surface area contributed by atoms with Crippen LogP contribution in [0.2, 0.25) is 0 Å². The van der Waals surface area contributed by atoms with Crippen molar-refractivity contribution in [3.63, 3.8) is 0 Å². The molecular formula is C14H19N3O3. The molecule has 2 amide bonds. The number of hydrogen-bond acceptors (Lipinski definition) is 3. The average Bonchev–Trinajstić information content (AvgIpc) is 2.87. The van der Waals surface area contributed by atoms with Crippen molar-refractivity contribution in [2.45, 2.75) is 31.2 Å². The van der Waals surface area contributed by atoms with E-state index in [0.29, 0.717) is 5.69 Å². The number of hydrogen-bond donors (Lipinski definition) is 4. The van der Waals surface area contributed by atoms with E-state index < -0.39 is 17.5 Å². The number of amides is 2. The van der Waals surface area contributed by atoms with Crippen molar-refractivity contribution in [3.05, 3.63) is 29.8 Å². The number of anilines is 1. The van der Waals surface area contributed by atoms with Crippen LogP contribution in [0, 0.1) is 0 Å². The molecule has 5 N–H and O–H groups in total. The summed E-state index contributed by atoms with van der Waals surface area (Å²) in [6, 6.07) is 7.00. The fourth-order valence-corrected chi connectivity index (χ4v) is 2.68. The number of aliphatic carboxylic acids is 1. The van der Waals surface area contributed by atoms with Gasteiger partial charge in [-0.05, 0) is 30.5 Å². The summed E-state index contributed by atoms with van der Waals surface area (Å²) in [5.74, 6) is -1.06. The normalized spacial score (nSPS) is 16.6. The summed E-state index contributed by atoms with van der Waals surface area (Å²) in [5.41, 5.74) is 6.95. The number of nitrogens with one attached hydrogen (secondary N) is 2. The number of carbonyl (C=O) groups excluding carboxylic acids is 1. The van der Waals surface area contributed by atoms with Crippen molar-refractivity contribution in [2.75, 3.05) is 12.3 Å². The van der Waals surface area contributed by atoms with Gasteiger partial charge in [0.2, 0.25) is 0 Å². The quantitative estimate of drug-likeness (QED) is 0.625. The third kappa shape index (κ3) is 3.20. The van der Waals surface area contributed by atoms with E-state index in [1.807, 2.05) is 24.3 Å². The maximum Gasteiger partial charge on any atom is 0.323 e. The monoisotopic (exact) mass is 277 g/mol. The Hall–Kier alpha value is -2.24. The van der Waals surface area contributed by atoms with Crippen LogP contribution in [0.3, 0.4) is 0 Å². The maximum atomic E-state index is 11.8. The number of nitrogen functional groups attached to an aromatic ring is 1. The van der Waals surface area contributed by atoms with Gasteiger partial charge < -0.3 is 21.5 Å². The molecule has 0 saturated heterocycles. The molecule has 6 nitrogen and oxygen atoms in total. The second-order valence-electron chi connectivity index (χ2n) is 5.11. The first-order valence-corrected chi connectivity index (χ1v) is 6.66. The molecule has 0 radical (unpaired) electrons. The number of benzene rings is 1. The molecule has 1 aliphatic carbocycles. The minimum absolute atomic E-state index is 0.385. The van der Waals surface area contributed by atoms with Crippen molar-refractivity contribution >= 4 is 17.7 Å². The Morgan fingerprint density at radius 1 is 1.20 bits per heavy atom. The summed E-state index contributed by atoms with van der Waals surface area (Å²) < 4.78 is 0. The van der Waals surface area contributed by atoms with Crippen LogP contribution in [0.5, 0.6) is 0 Å². The largest absolute Gasteiger partial charge is 0.480 e. The first-order valence-electron chi connectivity index (χ1n) is 6.66. The van der Waals surface area contributed by atoms with Crippen molar-refractivity contribution in [1.82, 2.24) is 10.6 Å². The molecule has 2 rings (SSSR count). The molecule has 0 spiro atoms. The number of rotatable bonds is 4. The highest BCUT2D eigenvalue weighted by Crippen LogP contribution is 2.38. The van der Waals surface area contributed by atoms with Gasteiger partial charge in [0, 0.05) is 5.69 Å². The molecule has 20 heavy (non-hydrogen) atoms. The molecular weight excluding hydrogens is 258 g/mol. The fourth-order valence-electron chi connectivity index (χ4n) is 2.68. The van der Waals surface area contributed by atoms with E-state index in [2.05, 4.69) is 10.6 Å². The molecule has 1 saturated carbocycles. The summed E-state index contributed by atoms with van der Waals surface area (Å²) >= 11 is 0. The summed E-state index contributed by atoms with van der Waals surface area (Å²) in [4.78, 5) is 22.3. The zero-order valence-electron chi connectivity index (χ0n) is 11.2. The Morgan fingerprint density at radius 3 is 2.35 bits per heavy atom. The van der Waals surface area contributed by atoms with E-state index in [-0.39, 0.29) is 6.54 Å². The van der Waals surface area contributed by atoms with Gasteiger partial charge in [-0.1, -0.05) is 25.0 Å². The van der Waals surface area contributed by atoms with Crippen LogP contribution in [0.1, 0.15) is 31.2 Å². The predicted octanol–water partition coefficient (Wildman–Crippen LogP) is 1.42. The van der Waals surface area contributed by atoms with E-state index in [9.17, 15) is 9.59 Å². The summed E-state index contributed by atoms with van der Waals surface area (Å²) in [6.07, 6.45) is 3.75. The molecule has 0 aromatic heterocycles. The molecule has 0 heterocycles. The van der Waals surface area contributed by atoms with Gasteiger partial charge in [0.05, 0.1) is 5.54 Å². The van der Waals surface area contributed by atoms with E-state index in [0.717, 1.165) is 31.2 Å². The van der Waals surface area contributed by atoms with E-state index in [4.69, 9.17) is 10.8 Å². The smallest absolute Gasteiger partial charge is 0.323 e. The Morgan fingerprint density at radius 2 is 1.80 bits per heavy atom. The summed E-state index contributed by atoms with van der Waals surface area (Å²) in [7, 11) is 0.